The van der Waals surface area contributed by atoms with E-state index in [9.17, 15) is 0 Å². The Labute approximate surface area is 111 Å². The summed E-state index contributed by atoms with van der Waals surface area (Å²) in [6.45, 7) is 2.83. The lowest BCUT2D eigenvalue weighted by atomic mass is 10.2. The summed E-state index contributed by atoms with van der Waals surface area (Å²) in [7, 11) is 0. The zero-order chi connectivity index (χ0) is 12.1. The monoisotopic (exact) mass is 262 g/mol. The van der Waals surface area contributed by atoms with Crippen LogP contribution >= 0.6 is 23.6 Å². The van der Waals surface area contributed by atoms with E-state index in [1.807, 2.05) is 24.3 Å². The number of aryl methyl sites for hydroxylation is 1. The number of benzene rings is 1. The van der Waals surface area contributed by atoms with Crippen LogP contribution in [0, 0.1) is 6.92 Å². The molecule has 2 rings (SSSR count). The van der Waals surface area contributed by atoms with Crippen LogP contribution in [-0.4, -0.2) is 5.11 Å². The number of hydrogen-bond acceptors (Lipinski definition) is 2. The van der Waals surface area contributed by atoms with E-state index in [0.717, 1.165) is 12.2 Å². The number of nitrogens with one attached hydrogen (secondary N) is 2. The van der Waals surface area contributed by atoms with Crippen molar-refractivity contribution in [1.29, 1.82) is 0 Å². The van der Waals surface area contributed by atoms with Crippen LogP contribution in [0.5, 0.6) is 0 Å². The second-order valence-corrected chi connectivity index (χ2v) is 5.14. The summed E-state index contributed by atoms with van der Waals surface area (Å²) in [6.07, 6.45) is 0. The maximum Gasteiger partial charge on any atom is 0.171 e. The van der Waals surface area contributed by atoms with Crippen LogP contribution in [0.4, 0.5) is 5.69 Å². The molecule has 0 aliphatic heterocycles. The Balaban J connectivity index is 1.87. The number of thiophene rings is 1. The fourth-order valence-electron chi connectivity index (χ4n) is 1.46. The number of anilines is 1. The van der Waals surface area contributed by atoms with Gasteiger partial charge >= 0.3 is 0 Å². The third kappa shape index (κ3) is 3.54. The Hall–Kier alpha value is -1.39. The fraction of sp³-hybridized carbons (Fsp3) is 0.154. The third-order valence-corrected chi connectivity index (χ3v) is 3.52. The first-order valence-electron chi connectivity index (χ1n) is 5.38. The molecule has 1 aromatic heterocycles. The predicted molar refractivity (Wildman–Crippen MR) is 78.6 cm³/mol. The zero-order valence-electron chi connectivity index (χ0n) is 9.57. The highest BCUT2D eigenvalue weighted by Gasteiger charge is 2.00. The lowest BCUT2D eigenvalue weighted by molar-refractivity contribution is 0.946. The normalized spacial score (nSPS) is 9.94. The second kappa shape index (κ2) is 5.80. The molecule has 2 aromatic rings. The minimum absolute atomic E-state index is 0.660. The molecule has 88 valence electrons. The average Bonchev–Trinajstić information content (AvgIpc) is 2.82. The smallest absolute Gasteiger partial charge is 0.171 e. The first-order valence-corrected chi connectivity index (χ1v) is 6.67. The van der Waals surface area contributed by atoms with E-state index in [4.69, 9.17) is 12.2 Å². The summed E-state index contributed by atoms with van der Waals surface area (Å²) in [5.41, 5.74) is 2.24. The molecule has 0 radical (unpaired) electrons. The molecule has 0 saturated heterocycles. The van der Waals surface area contributed by atoms with Crippen molar-refractivity contribution in [2.75, 3.05) is 5.32 Å². The Bertz CT molecular complexity index is 492. The number of thiocarbonyl (C=S) groups is 1. The molecule has 17 heavy (non-hydrogen) atoms. The maximum absolute atomic E-state index is 5.25. The van der Waals surface area contributed by atoms with Crippen LogP contribution in [0.1, 0.15) is 10.4 Å². The molecule has 2 N–H and O–H groups in total. The van der Waals surface area contributed by atoms with Gasteiger partial charge < -0.3 is 10.6 Å². The van der Waals surface area contributed by atoms with Gasteiger partial charge in [-0.05, 0) is 42.2 Å². The van der Waals surface area contributed by atoms with Crippen molar-refractivity contribution in [3.8, 4) is 0 Å². The van der Waals surface area contributed by atoms with Gasteiger partial charge in [0.05, 0.1) is 6.54 Å². The number of rotatable bonds is 3. The Morgan fingerprint density at radius 1 is 1.24 bits per heavy atom. The molecule has 0 aliphatic rings. The summed E-state index contributed by atoms with van der Waals surface area (Å²) in [5.74, 6) is 0. The Morgan fingerprint density at radius 3 is 2.76 bits per heavy atom. The van der Waals surface area contributed by atoms with Crippen molar-refractivity contribution in [3.05, 3.63) is 52.2 Å². The van der Waals surface area contributed by atoms with E-state index >= 15 is 0 Å². The fourth-order valence-corrected chi connectivity index (χ4v) is 2.29. The lowest BCUT2D eigenvalue weighted by Gasteiger charge is -2.11. The van der Waals surface area contributed by atoms with E-state index in [1.54, 1.807) is 11.3 Å². The highest BCUT2D eigenvalue weighted by Crippen LogP contribution is 2.13. The summed E-state index contributed by atoms with van der Waals surface area (Å²) in [5, 5.41) is 9.11. The van der Waals surface area contributed by atoms with Crippen molar-refractivity contribution in [3.63, 3.8) is 0 Å². The van der Waals surface area contributed by atoms with Crippen LogP contribution in [0.15, 0.2) is 41.8 Å². The molecule has 0 fully saturated rings. The Kier molecular flexibility index (Phi) is 4.12. The highest BCUT2D eigenvalue weighted by atomic mass is 32.1. The molecule has 1 aromatic carbocycles. The van der Waals surface area contributed by atoms with Crippen molar-refractivity contribution < 1.29 is 0 Å². The molecule has 0 unspecified atom stereocenters. The third-order valence-electron chi connectivity index (χ3n) is 2.40. The van der Waals surface area contributed by atoms with Gasteiger partial charge in [0.25, 0.3) is 0 Å². The first kappa shape index (κ1) is 12.1. The largest absolute Gasteiger partial charge is 0.358 e. The standard InChI is InChI=1S/C13H14N2S2/c1-10-5-2-3-7-12(10)15-13(16)14-9-11-6-4-8-17-11/h2-8H,9H2,1H3,(H2,14,15,16). The van der Waals surface area contributed by atoms with E-state index in [0.29, 0.717) is 5.11 Å². The van der Waals surface area contributed by atoms with Gasteiger partial charge in [-0.1, -0.05) is 24.3 Å². The van der Waals surface area contributed by atoms with Crippen LogP contribution in [-0.2, 0) is 6.54 Å². The Morgan fingerprint density at radius 2 is 2.06 bits per heavy atom. The molecular weight excluding hydrogens is 248 g/mol. The summed E-state index contributed by atoms with van der Waals surface area (Å²) < 4.78 is 0. The summed E-state index contributed by atoms with van der Waals surface area (Å²) in [6, 6.07) is 12.2. The summed E-state index contributed by atoms with van der Waals surface area (Å²) in [4.78, 5) is 1.28. The van der Waals surface area contributed by atoms with Gasteiger partial charge in [0, 0.05) is 10.6 Å². The molecule has 1 heterocycles. The van der Waals surface area contributed by atoms with E-state index in [-0.39, 0.29) is 0 Å². The van der Waals surface area contributed by atoms with E-state index < -0.39 is 0 Å². The minimum atomic E-state index is 0.660. The van der Waals surface area contributed by atoms with Gasteiger partial charge in [-0.3, -0.25) is 0 Å². The first-order chi connectivity index (χ1) is 8.25. The number of hydrogen-bond donors (Lipinski definition) is 2. The molecule has 0 bridgehead atoms. The van der Waals surface area contributed by atoms with Crippen molar-refractivity contribution in [2.45, 2.75) is 13.5 Å². The zero-order valence-corrected chi connectivity index (χ0v) is 11.2. The molecule has 0 spiro atoms. The molecule has 0 aliphatic carbocycles. The van der Waals surface area contributed by atoms with Gasteiger partial charge in [0.2, 0.25) is 0 Å². The highest BCUT2D eigenvalue weighted by molar-refractivity contribution is 7.80. The topological polar surface area (TPSA) is 24.1 Å². The molecular formula is C13H14N2S2. The quantitative estimate of drug-likeness (QED) is 0.827. The van der Waals surface area contributed by atoms with Crippen LogP contribution in [0.25, 0.3) is 0 Å². The van der Waals surface area contributed by atoms with Gasteiger partial charge in [-0.25, -0.2) is 0 Å². The van der Waals surface area contributed by atoms with Crippen LogP contribution in [0.2, 0.25) is 0 Å². The van der Waals surface area contributed by atoms with Gasteiger partial charge in [-0.15, -0.1) is 11.3 Å². The lowest BCUT2D eigenvalue weighted by Crippen LogP contribution is -2.27. The minimum Gasteiger partial charge on any atom is -0.358 e. The molecule has 2 nitrogen and oxygen atoms in total. The average molecular weight is 262 g/mol. The van der Waals surface area contributed by atoms with Gasteiger partial charge in [-0.2, -0.15) is 0 Å². The van der Waals surface area contributed by atoms with Gasteiger partial charge in [0.15, 0.2) is 5.11 Å². The van der Waals surface area contributed by atoms with Gasteiger partial charge in [0.1, 0.15) is 0 Å². The maximum atomic E-state index is 5.25. The molecule has 4 heteroatoms. The van der Waals surface area contributed by atoms with Crippen molar-refractivity contribution in [1.82, 2.24) is 5.32 Å². The number of para-hydroxylation sites is 1. The van der Waals surface area contributed by atoms with Crippen LogP contribution in [0.3, 0.4) is 0 Å². The SMILES string of the molecule is Cc1ccccc1NC(=S)NCc1cccs1. The van der Waals surface area contributed by atoms with Crippen molar-refractivity contribution in [2.24, 2.45) is 0 Å². The van der Waals surface area contributed by atoms with Crippen molar-refractivity contribution >= 4 is 34.4 Å². The van der Waals surface area contributed by atoms with Crippen LogP contribution < -0.4 is 10.6 Å². The molecule has 0 amide bonds. The van der Waals surface area contributed by atoms with E-state index in [2.05, 4.69) is 35.1 Å². The second-order valence-electron chi connectivity index (χ2n) is 3.70. The summed E-state index contributed by atoms with van der Waals surface area (Å²) >= 11 is 6.98. The van der Waals surface area contributed by atoms with E-state index in [1.165, 1.54) is 10.4 Å². The molecule has 0 atom stereocenters. The molecule has 0 saturated carbocycles. The predicted octanol–water partition coefficient (Wildman–Crippen LogP) is 3.54.